The Balaban J connectivity index is 1.90. The van der Waals surface area contributed by atoms with E-state index in [0.717, 1.165) is 10.4 Å². The summed E-state index contributed by atoms with van der Waals surface area (Å²) in [5.74, 6) is 0.122. The molecular weight excluding hydrogens is 324 g/mol. The summed E-state index contributed by atoms with van der Waals surface area (Å²) in [6.07, 6.45) is 4.89. The third-order valence-corrected chi connectivity index (χ3v) is 4.15. The Labute approximate surface area is 143 Å². The summed E-state index contributed by atoms with van der Waals surface area (Å²) in [7, 11) is 1.33. The molecule has 0 saturated heterocycles. The average Bonchev–Trinajstić information content (AvgIpc) is 3.14. The predicted molar refractivity (Wildman–Crippen MR) is 91.8 cm³/mol. The van der Waals surface area contributed by atoms with E-state index >= 15 is 0 Å². The van der Waals surface area contributed by atoms with E-state index in [1.54, 1.807) is 23.0 Å². The zero-order chi connectivity index (χ0) is 16.8. The number of carbonyl (C=O) groups is 1. The van der Waals surface area contributed by atoms with Crippen molar-refractivity contribution >= 4 is 23.1 Å². The van der Waals surface area contributed by atoms with Crippen molar-refractivity contribution in [2.75, 3.05) is 12.0 Å². The second-order valence-corrected chi connectivity index (χ2v) is 6.03. The van der Waals surface area contributed by atoms with E-state index in [1.165, 1.54) is 13.3 Å². The quantitative estimate of drug-likeness (QED) is 0.643. The van der Waals surface area contributed by atoms with Gasteiger partial charge in [-0.15, -0.1) is 11.3 Å². The van der Waals surface area contributed by atoms with Crippen LogP contribution in [0.2, 0.25) is 0 Å². The molecule has 0 saturated carbocycles. The lowest BCUT2D eigenvalue weighted by atomic mass is 10.2. The van der Waals surface area contributed by atoms with Crippen molar-refractivity contribution in [2.45, 2.75) is 13.1 Å². The van der Waals surface area contributed by atoms with E-state index in [2.05, 4.69) is 32.0 Å². The maximum Gasteiger partial charge on any atom is 0.358 e. The van der Waals surface area contributed by atoms with Gasteiger partial charge in [0, 0.05) is 17.6 Å². The molecule has 0 amide bonds. The number of anilines is 1. The van der Waals surface area contributed by atoms with Crippen LogP contribution in [0.4, 0.5) is 5.82 Å². The van der Waals surface area contributed by atoms with Crippen molar-refractivity contribution in [1.29, 1.82) is 0 Å². The number of benzene rings is 1. The van der Waals surface area contributed by atoms with E-state index < -0.39 is 5.97 Å². The van der Waals surface area contributed by atoms with Crippen molar-refractivity contribution in [3.63, 3.8) is 0 Å². The summed E-state index contributed by atoms with van der Waals surface area (Å²) in [5, 5.41) is 0. The van der Waals surface area contributed by atoms with E-state index in [-0.39, 0.29) is 5.69 Å². The van der Waals surface area contributed by atoms with Gasteiger partial charge in [-0.1, -0.05) is 30.3 Å². The predicted octanol–water partition coefficient (Wildman–Crippen LogP) is 2.93. The van der Waals surface area contributed by atoms with Crippen LogP contribution < -0.4 is 4.90 Å². The molecule has 2 heterocycles. The summed E-state index contributed by atoms with van der Waals surface area (Å²) in [4.78, 5) is 27.5. The summed E-state index contributed by atoms with van der Waals surface area (Å²) in [6, 6.07) is 10.1. The number of aromatic nitrogens is 3. The minimum Gasteiger partial charge on any atom is -0.464 e. The van der Waals surface area contributed by atoms with E-state index in [1.807, 2.05) is 24.4 Å². The van der Waals surface area contributed by atoms with E-state index in [4.69, 9.17) is 4.74 Å². The molecule has 24 heavy (non-hydrogen) atoms. The Morgan fingerprint density at radius 3 is 2.67 bits per heavy atom. The van der Waals surface area contributed by atoms with Gasteiger partial charge in [0.2, 0.25) is 0 Å². The molecule has 1 aromatic carbocycles. The Morgan fingerprint density at radius 1 is 1.12 bits per heavy atom. The van der Waals surface area contributed by atoms with Gasteiger partial charge in [0.25, 0.3) is 0 Å². The number of thiazole rings is 1. The number of hydrogen-bond donors (Lipinski definition) is 0. The molecule has 3 rings (SSSR count). The van der Waals surface area contributed by atoms with Crippen molar-refractivity contribution in [1.82, 2.24) is 15.0 Å². The number of esters is 1. The Hall–Kier alpha value is -2.80. The topological polar surface area (TPSA) is 68.2 Å². The van der Waals surface area contributed by atoms with Gasteiger partial charge in [0.05, 0.1) is 31.6 Å². The first kappa shape index (κ1) is 16.1. The summed E-state index contributed by atoms with van der Waals surface area (Å²) in [6.45, 7) is 1.29. The highest BCUT2D eigenvalue weighted by atomic mass is 32.1. The zero-order valence-corrected chi connectivity index (χ0v) is 13.9. The first-order chi connectivity index (χ1) is 11.8. The number of nitrogens with zero attached hydrogens (tertiary/aromatic N) is 4. The molecule has 0 spiro atoms. The third-order valence-electron chi connectivity index (χ3n) is 3.39. The number of ether oxygens (including phenoxy) is 1. The fourth-order valence-corrected chi connectivity index (χ4v) is 2.85. The highest BCUT2D eigenvalue weighted by molar-refractivity contribution is 7.09. The van der Waals surface area contributed by atoms with Gasteiger partial charge in [-0.25, -0.2) is 9.78 Å². The van der Waals surface area contributed by atoms with Crippen molar-refractivity contribution in [3.8, 4) is 0 Å². The van der Waals surface area contributed by atoms with Gasteiger partial charge in [0.15, 0.2) is 5.69 Å². The molecule has 0 N–H and O–H groups in total. The first-order valence-corrected chi connectivity index (χ1v) is 8.21. The van der Waals surface area contributed by atoms with Gasteiger partial charge < -0.3 is 9.64 Å². The van der Waals surface area contributed by atoms with E-state index in [0.29, 0.717) is 18.9 Å². The fourth-order valence-electron chi connectivity index (χ4n) is 2.24. The lowest BCUT2D eigenvalue weighted by molar-refractivity contribution is 0.0593. The SMILES string of the molecule is COC(=O)c1cncc(N(Cc2ccccc2)Cc2cncs2)n1. The Kier molecular flexibility index (Phi) is 5.12. The lowest BCUT2D eigenvalue weighted by Crippen LogP contribution is -2.23. The van der Waals surface area contributed by atoms with Gasteiger partial charge in [-0.05, 0) is 5.56 Å². The van der Waals surface area contributed by atoms with Crippen molar-refractivity contribution in [3.05, 3.63) is 70.6 Å². The maximum absolute atomic E-state index is 11.7. The molecule has 6 nitrogen and oxygen atoms in total. The molecule has 0 radical (unpaired) electrons. The Bertz CT molecular complexity index is 793. The molecule has 0 aliphatic rings. The van der Waals surface area contributed by atoms with Crippen molar-refractivity contribution < 1.29 is 9.53 Å². The van der Waals surface area contributed by atoms with E-state index in [9.17, 15) is 4.79 Å². The summed E-state index contributed by atoms with van der Waals surface area (Å²) in [5.41, 5.74) is 3.14. The highest BCUT2D eigenvalue weighted by Crippen LogP contribution is 2.19. The molecule has 0 aliphatic carbocycles. The second-order valence-electron chi connectivity index (χ2n) is 5.06. The molecule has 0 aliphatic heterocycles. The molecule has 0 bridgehead atoms. The average molecular weight is 340 g/mol. The van der Waals surface area contributed by atoms with Crippen LogP contribution in [0, 0.1) is 0 Å². The number of methoxy groups -OCH3 is 1. The van der Waals surface area contributed by atoms with Crippen molar-refractivity contribution in [2.24, 2.45) is 0 Å². The van der Waals surface area contributed by atoms with Crippen LogP contribution in [0.5, 0.6) is 0 Å². The number of hydrogen-bond acceptors (Lipinski definition) is 7. The molecule has 0 fully saturated rings. The van der Waals surface area contributed by atoms with Crippen LogP contribution in [0.3, 0.4) is 0 Å². The van der Waals surface area contributed by atoms with Gasteiger partial charge in [-0.2, -0.15) is 0 Å². The van der Waals surface area contributed by atoms with Gasteiger partial charge in [-0.3, -0.25) is 9.97 Å². The minimum absolute atomic E-state index is 0.192. The Morgan fingerprint density at radius 2 is 1.96 bits per heavy atom. The van der Waals surface area contributed by atoms with Crippen LogP contribution in [0.1, 0.15) is 20.9 Å². The maximum atomic E-state index is 11.7. The monoisotopic (exact) mass is 340 g/mol. The smallest absolute Gasteiger partial charge is 0.358 e. The molecule has 0 atom stereocenters. The standard InChI is InChI=1S/C17H16N4O2S/c1-23-17(22)15-8-18-9-16(20-15)21(11-14-7-19-12-24-14)10-13-5-3-2-4-6-13/h2-9,12H,10-11H2,1H3. The molecule has 3 aromatic rings. The van der Waals surface area contributed by atoms with Crippen LogP contribution in [-0.4, -0.2) is 28.0 Å². The molecule has 7 heteroatoms. The van der Waals surface area contributed by atoms with Gasteiger partial charge in [0.1, 0.15) is 5.82 Å². The fraction of sp³-hybridized carbons (Fsp3) is 0.176. The molecular formula is C17H16N4O2S. The first-order valence-electron chi connectivity index (χ1n) is 7.33. The minimum atomic E-state index is -0.498. The third kappa shape index (κ3) is 3.94. The largest absolute Gasteiger partial charge is 0.464 e. The highest BCUT2D eigenvalue weighted by Gasteiger charge is 2.15. The normalized spacial score (nSPS) is 10.4. The number of carbonyl (C=O) groups excluding carboxylic acids is 1. The molecule has 0 unspecified atom stereocenters. The zero-order valence-electron chi connectivity index (χ0n) is 13.1. The second kappa shape index (κ2) is 7.65. The number of rotatable bonds is 6. The summed E-state index contributed by atoms with van der Waals surface area (Å²) >= 11 is 1.58. The van der Waals surface area contributed by atoms with Crippen LogP contribution >= 0.6 is 11.3 Å². The van der Waals surface area contributed by atoms with Crippen LogP contribution in [0.15, 0.2) is 54.4 Å². The molecule has 122 valence electrons. The van der Waals surface area contributed by atoms with Crippen LogP contribution in [-0.2, 0) is 17.8 Å². The lowest BCUT2D eigenvalue weighted by Gasteiger charge is -2.23. The summed E-state index contributed by atoms with van der Waals surface area (Å²) < 4.78 is 4.73. The molecule has 2 aromatic heterocycles. The van der Waals surface area contributed by atoms with Crippen LogP contribution in [0.25, 0.3) is 0 Å². The van der Waals surface area contributed by atoms with Gasteiger partial charge >= 0.3 is 5.97 Å².